The lowest BCUT2D eigenvalue weighted by atomic mass is 9.99. The summed E-state index contributed by atoms with van der Waals surface area (Å²) >= 11 is 0. The molecule has 0 saturated heterocycles. The Hall–Kier alpha value is -1.49. The molecule has 0 aromatic heterocycles. The summed E-state index contributed by atoms with van der Waals surface area (Å²) in [6.07, 6.45) is 3.32. The van der Waals surface area contributed by atoms with Crippen molar-refractivity contribution in [3.8, 4) is 6.07 Å². The summed E-state index contributed by atoms with van der Waals surface area (Å²) < 4.78 is 0. The molecule has 1 aromatic rings. The number of fused-ring (bicyclic) bond motifs is 1. The van der Waals surface area contributed by atoms with Gasteiger partial charge in [0.1, 0.15) is 0 Å². The molecule has 0 amide bonds. The average Bonchev–Trinajstić information content (AvgIpc) is 2.36. The van der Waals surface area contributed by atoms with E-state index in [1.807, 2.05) is 0 Å². The molecule has 2 heteroatoms. The molecule has 1 aliphatic heterocycles. The molecule has 0 bridgehead atoms. The predicted octanol–water partition coefficient (Wildman–Crippen LogP) is 2.99. The Balaban J connectivity index is 2.16. The molecule has 0 aliphatic carbocycles. The van der Waals surface area contributed by atoms with Crippen LogP contribution in [0.3, 0.4) is 0 Å². The normalized spacial score (nSPS) is 16.4. The highest BCUT2D eigenvalue weighted by atomic mass is 15.1. The van der Waals surface area contributed by atoms with E-state index < -0.39 is 0 Å². The number of nitriles is 1. The molecular formula is C14H18N2. The van der Waals surface area contributed by atoms with E-state index in [0.717, 1.165) is 19.5 Å². The van der Waals surface area contributed by atoms with Gasteiger partial charge in [0.05, 0.1) is 12.0 Å². The van der Waals surface area contributed by atoms with Gasteiger partial charge in [-0.25, -0.2) is 0 Å². The Morgan fingerprint density at radius 2 is 2.25 bits per heavy atom. The van der Waals surface area contributed by atoms with E-state index in [9.17, 15) is 0 Å². The summed E-state index contributed by atoms with van der Waals surface area (Å²) in [5, 5.41) is 9.03. The van der Waals surface area contributed by atoms with Crippen LogP contribution in [0.5, 0.6) is 0 Å². The third kappa shape index (κ3) is 2.19. The van der Waals surface area contributed by atoms with Crippen molar-refractivity contribution in [2.24, 2.45) is 5.92 Å². The molecule has 1 unspecified atom stereocenters. The SMILES string of the molecule is CCC(C#N)CN1CCCc2ccccc21. The first-order valence-corrected chi connectivity index (χ1v) is 6.07. The van der Waals surface area contributed by atoms with Gasteiger partial charge in [-0.2, -0.15) is 5.26 Å². The van der Waals surface area contributed by atoms with Gasteiger partial charge in [0.25, 0.3) is 0 Å². The molecule has 1 heterocycles. The Morgan fingerprint density at radius 3 is 3.00 bits per heavy atom. The smallest absolute Gasteiger partial charge is 0.0674 e. The summed E-state index contributed by atoms with van der Waals surface area (Å²) in [6, 6.07) is 11.0. The van der Waals surface area contributed by atoms with E-state index >= 15 is 0 Å². The molecule has 0 saturated carbocycles. The maximum Gasteiger partial charge on any atom is 0.0674 e. The lowest BCUT2D eigenvalue weighted by Gasteiger charge is -2.32. The van der Waals surface area contributed by atoms with Crippen LogP contribution < -0.4 is 4.90 Å². The molecule has 2 rings (SSSR count). The van der Waals surface area contributed by atoms with Crippen LogP contribution in [0.15, 0.2) is 24.3 Å². The lowest BCUT2D eigenvalue weighted by Crippen LogP contribution is -2.33. The van der Waals surface area contributed by atoms with Crippen molar-refractivity contribution in [2.75, 3.05) is 18.0 Å². The van der Waals surface area contributed by atoms with Crippen LogP contribution in [0.2, 0.25) is 0 Å². The average molecular weight is 214 g/mol. The van der Waals surface area contributed by atoms with Gasteiger partial charge in [0.15, 0.2) is 0 Å². The first kappa shape index (κ1) is 11.0. The van der Waals surface area contributed by atoms with E-state index in [-0.39, 0.29) is 5.92 Å². The fourth-order valence-corrected chi connectivity index (χ4v) is 2.33. The topological polar surface area (TPSA) is 27.0 Å². The van der Waals surface area contributed by atoms with Crippen LogP contribution in [0.1, 0.15) is 25.3 Å². The molecule has 0 N–H and O–H groups in total. The third-order valence-corrected chi connectivity index (χ3v) is 3.32. The second-order valence-corrected chi connectivity index (χ2v) is 4.41. The first-order valence-electron chi connectivity index (χ1n) is 6.07. The highest BCUT2D eigenvalue weighted by Crippen LogP contribution is 2.27. The minimum absolute atomic E-state index is 0.158. The molecule has 1 atom stereocenters. The number of hydrogen-bond donors (Lipinski definition) is 0. The first-order chi connectivity index (χ1) is 7.85. The van der Waals surface area contributed by atoms with Crippen LogP contribution in [0.4, 0.5) is 5.69 Å². The Kier molecular flexibility index (Phi) is 3.46. The van der Waals surface area contributed by atoms with Gasteiger partial charge in [0.2, 0.25) is 0 Å². The fraction of sp³-hybridized carbons (Fsp3) is 0.500. The molecule has 1 aromatic carbocycles. The Morgan fingerprint density at radius 1 is 1.44 bits per heavy atom. The summed E-state index contributed by atoms with van der Waals surface area (Å²) in [6.45, 7) is 4.06. The van der Waals surface area contributed by atoms with E-state index in [0.29, 0.717) is 0 Å². The number of para-hydroxylation sites is 1. The highest BCUT2D eigenvalue weighted by Gasteiger charge is 2.18. The Labute approximate surface area is 97.5 Å². The van der Waals surface area contributed by atoms with Gasteiger partial charge in [-0.05, 0) is 30.9 Å². The van der Waals surface area contributed by atoms with Gasteiger partial charge in [-0.1, -0.05) is 25.1 Å². The molecule has 0 radical (unpaired) electrons. The molecule has 0 fully saturated rings. The van der Waals surface area contributed by atoms with Crippen molar-refractivity contribution in [2.45, 2.75) is 26.2 Å². The van der Waals surface area contributed by atoms with Crippen molar-refractivity contribution in [3.63, 3.8) is 0 Å². The van der Waals surface area contributed by atoms with Crippen LogP contribution in [0.25, 0.3) is 0 Å². The molecule has 2 nitrogen and oxygen atoms in total. The zero-order valence-electron chi connectivity index (χ0n) is 9.82. The molecule has 16 heavy (non-hydrogen) atoms. The van der Waals surface area contributed by atoms with Gasteiger partial charge in [-0.3, -0.25) is 0 Å². The minimum atomic E-state index is 0.158. The zero-order chi connectivity index (χ0) is 11.4. The van der Waals surface area contributed by atoms with Crippen LogP contribution >= 0.6 is 0 Å². The van der Waals surface area contributed by atoms with Crippen molar-refractivity contribution in [1.82, 2.24) is 0 Å². The number of nitrogens with zero attached hydrogens (tertiary/aromatic N) is 2. The van der Waals surface area contributed by atoms with Crippen molar-refractivity contribution in [1.29, 1.82) is 5.26 Å². The van der Waals surface area contributed by atoms with E-state index in [1.54, 1.807) is 0 Å². The van der Waals surface area contributed by atoms with Crippen LogP contribution in [-0.2, 0) is 6.42 Å². The maximum atomic E-state index is 9.03. The van der Waals surface area contributed by atoms with E-state index in [4.69, 9.17) is 5.26 Å². The minimum Gasteiger partial charge on any atom is -0.370 e. The number of aryl methyl sites for hydroxylation is 1. The fourth-order valence-electron chi connectivity index (χ4n) is 2.33. The van der Waals surface area contributed by atoms with Gasteiger partial charge in [0, 0.05) is 18.8 Å². The number of anilines is 1. The summed E-state index contributed by atoms with van der Waals surface area (Å²) in [7, 11) is 0. The second kappa shape index (κ2) is 5.03. The summed E-state index contributed by atoms with van der Waals surface area (Å²) in [5.41, 5.74) is 2.77. The van der Waals surface area contributed by atoms with Gasteiger partial charge in [-0.15, -0.1) is 0 Å². The summed E-state index contributed by atoms with van der Waals surface area (Å²) in [5.74, 6) is 0.158. The standard InChI is InChI=1S/C14H18N2/c1-2-12(10-15)11-16-9-5-7-13-6-3-4-8-14(13)16/h3-4,6,8,12H,2,5,7,9,11H2,1H3. The van der Waals surface area contributed by atoms with Crippen molar-refractivity contribution >= 4 is 5.69 Å². The quantitative estimate of drug-likeness (QED) is 0.773. The van der Waals surface area contributed by atoms with Crippen LogP contribution in [-0.4, -0.2) is 13.1 Å². The molecule has 84 valence electrons. The largest absolute Gasteiger partial charge is 0.370 e. The molecule has 0 spiro atoms. The van der Waals surface area contributed by atoms with Crippen molar-refractivity contribution in [3.05, 3.63) is 29.8 Å². The molecular weight excluding hydrogens is 196 g/mol. The number of rotatable bonds is 3. The van der Waals surface area contributed by atoms with Crippen molar-refractivity contribution < 1.29 is 0 Å². The van der Waals surface area contributed by atoms with Gasteiger partial charge < -0.3 is 4.90 Å². The van der Waals surface area contributed by atoms with E-state index in [1.165, 1.54) is 24.1 Å². The lowest BCUT2D eigenvalue weighted by molar-refractivity contribution is 0.583. The third-order valence-electron chi connectivity index (χ3n) is 3.32. The monoisotopic (exact) mass is 214 g/mol. The predicted molar refractivity (Wildman–Crippen MR) is 66.4 cm³/mol. The van der Waals surface area contributed by atoms with E-state index in [2.05, 4.69) is 42.2 Å². The highest BCUT2D eigenvalue weighted by molar-refractivity contribution is 5.55. The van der Waals surface area contributed by atoms with Gasteiger partial charge >= 0.3 is 0 Å². The van der Waals surface area contributed by atoms with Crippen LogP contribution in [0, 0.1) is 17.2 Å². The number of benzene rings is 1. The zero-order valence-corrected chi connectivity index (χ0v) is 9.82. The maximum absolute atomic E-state index is 9.03. The summed E-state index contributed by atoms with van der Waals surface area (Å²) in [4.78, 5) is 2.37. The Bertz CT molecular complexity index is 392. The second-order valence-electron chi connectivity index (χ2n) is 4.41. The number of hydrogen-bond acceptors (Lipinski definition) is 2. The molecule has 1 aliphatic rings.